The fourth-order valence-corrected chi connectivity index (χ4v) is 6.65. The minimum atomic E-state index is -0.281. The third kappa shape index (κ3) is 2.54. The van der Waals surface area contributed by atoms with Gasteiger partial charge in [-0.15, -0.1) is 0 Å². The first-order valence-electron chi connectivity index (χ1n) is 10.8. The van der Waals surface area contributed by atoms with Crippen molar-refractivity contribution >= 4 is 5.91 Å². The highest BCUT2D eigenvalue weighted by atomic mass is 16.1. The quantitative estimate of drug-likeness (QED) is 0.889. The van der Waals surface area contributed by atoms with Crippen molar-refractivity contribution in [3.8, 4) is 0 Å². The largest absolute Gasteiger partial charge is 0.366 e. The van der Waals surface area contributed by atoms with Gasteiger partial charge in [0.1, 0.15) is 0 Å². The van der Waals surface area contributed by atoms with Crippen LogP contribution in [0.3, 0.4) is 0 Å². The molecule has 4 aliphatic rings. The third-order valence-electron chi connectivity index (χ3n) is 8.29. The van der Waals surface area contributed by atoms with Crippen molar-refractivity contribution in [1.29, 1.82) is 0 Å². The Hall–Kier alpha value is -1.35. The van der Waals surface area contributed by atoms with Crippen LogP contribution in [0.2, 0.25) is 0 Å². The molecule has 1 amide bonds. The lowest BCUT2D eigenvalue weighted by Gasteiger charge is -2.59. The average molecular weight is 353 g/mol. The van der Waals surface area contributed by atoms with Gasteiger partial charge in [-0.05, 0) is 80.3 Å². The Morgan fingerprint density at radius 1 is 1.15 bits per heavy atom. The van der Waals surface area contributed by atoms with Crippen LogP contribution in [-0.4, -0.2) is 29.9 Å². The summed E-state index contributed by atoms with van der Waals surface area (Å²) < 4.78 is 0. The predicted molar refractivity (Wildman–Crippen MR) is 104 cm³/mol. The molecule has 2 unspecified atom stereocenters. The normalized spacial score (nSPS) is 33.8. The zero-order valence-electron chi connectivity index (χ0n) is 15.9. The Balaban J connectivity index is 1.48. The number of primary amides is 1. The maximum absolute atomic E-state index is 11.8. The summed E-state index contributed by atoms with van der Waals surface area (Å²) in [6, 6.07) is 7.05. The third-order valence-corrected chi connectivity index (χ3v) is 8.29. The summed E-state index contributed by atoms with van der Waals surface area (Å²) in [6.07, 6.45) is 13.6. The molecule has 140 valence electrons. The second-order valence-electron chi connectivity index (χ2n) is 9.39. The topological polar surface area (TPSA) is 46.3 Å². The number of hydrogen-bond donors (Lipinski definition) is 1. The van der Waals surface area contributed by atoms with Crippen molar-refractivity contribution in [2.45, 2.75) is 75.7 Å². The number of piperidine rings is 1. The molecule has 0 spiro atoms. The van der Waals surface area contributed by atoms with Crippen molar-refractivity contribution in [1.82, 2.24) is 4.90 Å². The molecule has 3 fully saturated rings. The van der Waals surface area contributed by atoms with E-state index in [9.17, 15) is 4.79 Å². The first-order valence-corrected chi connectivity index (χ1v) is 10.8. The van der Waals surface area contributed by atoms with E-state index in [1.54, 1.807) is 0 Å². The van der Waals surface area contributed by atoms with Gasteiger partial charge >= 0.3 is 0 Å². The Kier molecular flexibility index (Phi) is 4.11. The van der Waals surface area contributed by atoms with E-state index in [0.717, 1.165) is 17.9 Å². The number of nitrogens with zero attached hydrogens (tertiary/aromatic N) is 1. The number of carbonyl (C=O) groups excluding carboxylic acids is 1. The Labute approximate surface area is 157 Å². The lowest BCUT2D eigenvalue weighted by Crippen LogP contribution is -2.61. The second kappa shape index (κ2) is 6.37. The molecule has 0 radical (unpaired) electrons. The van der Waals surface area contributed by atoms with Crippen molar-refractivity contribution < 1.29 is 4.79 Å². The van der Waals surface area contributed by atoms with Crippen molar-refractivity contribution in [3.05, 3.63) is 34.9 Å². The van der Waals surface area contributed by atoms with Crippen LogP contribution in [0, 0.1) is 11.8 Å². The van der Waals surface area contributed by atoms with Crippen LogP contribution >= 0.6 is 0 Å². The molecule has 3 heteroatoms. The number of likely N-dealkylation sites (tertiary alicyclic amines) is 1. The maximum atomic E-state index is 11.8. The second-order valence-corrected chi connectivity index (χ2v) is 9.39. The molecular weight excluding hydrogens is 320 g/mol. The molecule has 2 bridgehead atoms. The van der Waals surface area contributed by atoms with E-state index in [0.29, 0.717) is 11.0 Å². The Morgan fingerprint density at radius 2 is 2.04 bits per heavy atom. The van der Waals surface area contributed by atoms with Crippen LogP contribution < -0.4 is 5.73 Å². The number of nitrogens with two attached hydrogens (primary N) is 1. The molecule has 0 aromatic heterocycles. The lowest BCUT2D eigenvalue weighted by molar-refractivity contribution is -0.0150. The highest BCUT2D eigenvalue weighted by Crippen LogP contribution is 2.56. The Bertz CT molecular complexity index is 710. The molecule has 3 aliphatic carbocycles. The standard InChI is InChI=1S/C23H32N2O/c24-22(26)18-8-7-17-15-21-19-6-1-2-10-23(19,20(17)14-18)11-13-25(21)12-9-16-4-3-5-16/h7-8,14,16,19,21H,1-6,9-13,15H2,(H2,24,26)/t19?,21?,23-/m1/s1. The number of fused-ring (bicyclic) bond motifs is 1. The van der Waals surface area contributed by atoms with Gasteiger partial charge in [-0.2, -0.15) is 0 Å². The molecule has 1 saturated heterocycles. The van der Waals surface area contributed by atoms with Crippen LogP contribution in [0.5, 0.6) is 0 Å². The van der Waals surface area contributed by atoms with E-state index in [-0.39, 0.29) is 5.91 Å². The van der Waals surface area contributed by atoms with Gasteiger partial charge in [0.2, 0.25) is 5.91 Å². The number of amides is 1. The summed E-state index contributed by atoms with van der Waals surface area (Å²) in [5, 5.41) is 0. The van der Waals surface area contributed by atoms with Gasteiger partial charge in [-0.25, -0.2) is 0 Å². The summed E-state index contributed by atoms with van der Waals surface area (Å²) in [6.45, 7) is 2.55. The van der Waals surface area contributed by atoms with E-state index in [4.69, 9.17) is 5.73 Å². The van der Waals surface area contributed by atoms with E-state index in [1.807, 2.05) is 6.07 Å². The smallest absolute Gasteiger partial charge is 0.248 e. The van der Waals surface area contributed by atoms with E-state index in [1.165, 1.54) is 88.4 Å². The molecule has 26 heavy (non-hydrogen) atoms. The number of benzene rings is 1. The fourth-order valence-electron chi connectivity index (χ4n) is 6.65. The zero-order valence-corrected chi connectivity index (χ0v) is 15.9. The van der Waals surface area contributed by atoms with Gasteiger partial charge < -0.3 is 5.73 Å². The Morgan fingerprint density at radius 3 is 2.81 bits per heavy atom. The minimum absolute atomic E-state index is 0.281. The highest BCUT2D eigenvalue weighted by Gasteiger charge is 2.53. The van der Waals surface area contributed by atoms with Crippen LogP contribution in [0.4, 0.5) is 0 Å². The summed E-state index contributed by atoms with van der Waals surface area (Å²) in [4.78, 5) is 14.6. The summed E-state index contributed by atoms with van der Waals surface area (Å²) in [7, 11) is 0. The molecule has 1 aromatic rings. The van der Waals surface area contributed by atoms with Gasteiger partial charge in [0.05, 0.1) is 0 Å². The van der Waals surface area contributed by atoms with Crippen LogP contribution in [-0.2, 0) is 11.8 Å². The van der Waals surface area contributed by atoms with Gasteiger partial charge in [-0.3, -0.25) is 9.69 Å². The minimum Gasteiger partial charge on any atom is -0.366 e. The molecule has 2 N–H and O–H groups in total. The monoisotopic (exact) mass is 352 g/mol. The number of carbonyl (C=O) groups is 1. The van der Waals surface area contributed by atoms with Gasteiger partial charge in [0.15, 0.2) is 0 Å². The summed E-state index contributed by atoms with van der Waals surface area (Å²) in [5.74, 6) is 1.50. The van der Waals surface area contributed by atoms with Crippen LogP contribution in [0.1, 0.15) is 79.3 Å². The van der Waals surface area contributed by atoms with Gasteiger partial charge in [0.25, 0.3) is 0 Å². The lowest BCUT2D eigenvalue weighted by atomic mass is 9.52. The number of hydrogen-bond acceptors (Lipinski definition) is 2. The summed E-state index contributed by atoms with van der Waals surface area (Å²) in [5.41, 5.74) is 9.59. The van der Waals surface area contributed by atoms with E-state index < -0.39 is 0 Å². The highest BCUT2D eigenvalue weighted by molar-refractivity contribution is 5.93. The van der Waals surface area contributed by atoms with Gasteiger partial charge in [0, 0.05) is 17.0 Å². The summed E-state index contributed by atoms with van der Waals surface area (Å²) >= 11 is 0. The van der Waals surface area contributed by atoms with Crippen molar-refractivity contribution in [2.24, 2.45) is 17.6 Å². The molecule has 1 aromatic carbocycles. The van der Waals surface area contributed by atoms with Crippen LogP contribution in [0.25, 0.3) is 0 Å². The number of rotatable bonds is 4. The molecular formula is C23H32N2O. The predicted octanol–water partition coefficient (Wildman–Crippen LogP) is 4.03. The van der Waals surface area contributed by atoms with Crippen molar-refractivity contribution in [2.75, 3.05) is 13.1 Å². The molecule has 2 saturated carbocycles. The van der Waals surface area contributed by atoms with Crippen molar-refractivity contribution in [3.63, 3.8) is 0 Å². The maximum Gasteiger partial charge on any atom is 0.248 e. The molecule has 5 rings (SSSR count). The molecule has 1 heterocycles. The molecule has 3 atom stereocenters. The van der Waals surface area contributed by atoms with E-state index in [2.05, 4.69) is 17.0 Å². The van der Waals surface area contributed by atoms with Gasteiger partial charge in [-0.1, -0.05) is 38.2 Å². The molecule has 3 nitrogen and oxygen atoms in total. The molecule has 1 aliphatic heterocycles. The SMILES string of the molecule is NC(=O)c1ccc2c(c1)[C@@]13CCCCC1C(C2)N(CCC1CCC1)CC3. The average Bonchev–Trinajstić information content (AvgIpc) is 2.61. The first kappa shape index (κ1) is 16.8. The fraction of sp³-hybridized carbons (Fsp3) is 0.696. The zero-order chi connectivity index (χ0) is 17.7. The first-order chi connectivity index (χ1) is 12.7. The van der Waals surface area contributed by atoms with E-state index >= 15 is 0 Å². The van der Waals surface area contributed by atoms with Crippen LogP contribution in [0.15, 0.2) is 18.2 Å².